The average molecular weight is 256 g/mol. The first-order valence-electron chi connectivity index (χ1n) is 4.35. The molecule has 0 amide bonds. The number of nitrogens with zero attached hydrogens (tertiary/aromatic N) is 1. The monoisotopic (exact) mass is 255 g/mol. The molecule has 0 aromatic rings. The van der Waals surface area contributed by atoms with Gasteiger partial charge in [-0.05, 0) is 7.05 Å². The van der Waals surface area contributed by atoms with Crippen LogP contribution in [0.25, 0.3) is 0 Å². The normalized spacial score (nSPS) is 29.4. The van der Waals surface area contributed by atoms with Crippen molar-refractivity contribution in [1.82, 2.24) is 4.90 Å². The van der Waals surface area contributed by atoms with Gasteiger partial charge in [-0.25, -0.2) is 0 Å². The Labute approximate surface area is 129 Å². The molecule has 0 aromatic heterocycles. The Morgan fingerprint density at radius 1 is 1.69 bits per heavy atom. The van der Waals surface area contributed by atoms with Crippen LogP contribution in [0.3, 0.4) is 0 Å². The van der Waals surface area contributed by atoms with Crippen molar-refractivity contribution in [3.63, 3.8) is 0 Å². The van der Waals surface area contributed by atoms with E-state index in [1.165, 1.54) is 0 Å². The molecule has 2 unspecified atom stereocenters. The first kappa shape index (κ1) is 14.2. The second kappa shape index (κ2) is 6.67. The third-order valence-corrected chi connectivity index (χ3v) is 2.47. The molecule has 1 N–H and O–H groups in total. The van der Waals surface area contributed by atoms with Crippen LogP contribution in [0.4, 0.5) is 0 Å². The van der Waals surface area contributed by atoms with E-state index >= 15 is 0 Å². The van der Waals surface area contributed by atoms with E-state index in [0.717, 1.165) is 13.0 Å². The van der Waals surface area contributed by atoms with Crippen LogP contribution >= 0.6 is 0 Å². The Balaban J connectivity index is 0.00000144. The van der Waals surface area contributed by atoms with Gasteiger partial charge < -0.3 is 16.4 Å². The van der Waals surface area contributed by atoms with Crippen molar-refractivity contribution in [2.75, 3.05) is 13.6 Å². The maximum Gasteiger partial charge on any atom is 1.00 e. The van der Waals surface area contributed by atoms with Crippen molar-refractivity contribution < 1.29 is 68.1 Å². The van der Waals surface area contributed by atoms with Crippen LogP contribution in [-0.2, 0) is 4.79 Å². The molecule has 0 spiro atoms. The minimum Gasteiger partial charge on any atom is -0.481 e. The van der Waals surface area contributed by atoms with Crippen LogP contribution in [0.15, 0.2) is 0 Å². The summed E-state index contributed by atoms with van der Waals surface area (Å²) in [6.07, 6.45) is 3.48. The number of carbonyl (C=O) groups is 1. The predicted molar refractivity (Wildman–Crippen MR) is 46.8 cm³/mol. The van der Waals surface area contributed by atoms with Crippen LogP contribution in [-0.4, -0.2) is 35.6 Å². The molecule has 13 heavy (non-hydrogen) atoms. The Morgan fingerprint density at radius 3 is 2.85 bits per heavy atom. The van der Waals surface area contributed by atoms with Crippen LogP contribution in [0.5, 0.6) is 0 Å². The zero-order valence-corrected chi connectivity index (χ0v) is 13.6. The van der Waals surface area contributed by atoms with E-state index in [4.69, 9.17) is 5.11 Å². The average Bonchev–Trinajstić information content (AvgIpc) is 1.96. The second-order valence-corrected chi connectivity index (χ2v) is 3.64. The van der Waals surface area contributed by atoms with Gasteiger partial charge in [-0.1, -0.05) is 13.3 Å². The van der Waals surface area contributed by atoms with E-state index < -0.39 is 5.97 Å². The van der Waals surface area contributed by atoms with Crippen molar-refractivity contribution in [2.24, 2.45) is 5.92 Å². The predicted octanol–water partition coefficient (Wildman–Crippen LogP) is -1.99. The quantitative estimate of drug-likeness (QED) is 0.581. The fourth-order valence-electron chi connectivity index (χ4n) is 1.64. The standard InChI is InChI=1S/C9H16NO2.Rb/c1-7-3-4-10(2)8(5-7)6-9(11)12;/h3,7-8H,4-6H2,1-2H3,(H,11,12);/q-1;+1. The maximum atomic E-state index is 10.5. The zero-order valence-electron chi connectivity index (χ0n) is 8.66. The van der Waals surface area contributed by atoms with Crippen LogP contribution in [0.2, 0.25) is 0 Å². The van der Waals surface area contributed by atoms with Crippen molar-refractivity contribution in [3.05, 3.63) is 6.42 Å². The van der Waals surface area contributed by atoms with Gasteiger partial charge in [0.2, 0.25) is 0 Å². The summed E-state index contributed by atoms with van der Waals surface area (Å²) in [5.41, 5.74) is 0. The molecule has 1 rings (SSSR count). The summed E-state index contributed by atoms with van der Waals surface area (Å²) in [6.45, 7) is 3.06. The molecule has 0 radical (unpaired) electrons. The van der Waals surface area contributed by atoms with E-state index in [9.17, 15) is 4.79 Å². The zero-order chi connectivity index (χ0) is 9.14. The summed E-state index contributed by atoms with van der Waals surface area (Å²) < 4.78 is 0. The minimum absolute atomic E-state index is 0. The van der Waals surface area contributed by atoms with Crippen molar-refractivity contribution in [3.8, 4) is 0 Å². The van der Waals surface area contributed by atoms with Crippen molar-refractivity contribution >= 4 is 5.97 Å². The topological polar surface area (TPSA) is 40.5 Å². The van der Waals surface area contributed by atoms with Gasteiger partial charge in [-0.2, -0.15) is 5.92 Å². The van der Waals surface area contributed by atoms with E-state index in [2.05, 4.69) is 18.2 Å². The molecule has 1 saturated heterocycles. The number of piperidine rings is 1. The summed E-state index contributed by atoms with van der Waals surface area (Å²) in [7, 11) is 1.98. The Morgan fingerprint density at radius 2 is 2.31 bits per heavy atom. The van der Waals surface area contributed by atoms with E-state index in [-0.39, 0.29) is 70.7 Å². The number of likely N-dealkylation sites (tertiary alicyclic amines) is 1. The Bertz CT molecular complexity index is 175. The Hall–Kier alpha value is 1.24. The molecule has 0 bridgehead atoms. The molecule has 70 valence electrons. The van der Waals surface area contributed by atoms with Gasteiger partial charge in [0.1, 0.15) is 0 Å². The van der Waals surface area contributed by atoms with Gasteiger partial charge >= 0.3 is 64.2 Å². The number of rotatable bonds is 2. The number of carboxylic acids is 1. The van der Waals surface area contributed by atoms with Gasteiger partial charge in [0.05, 0.1) is 6.42 Å². The van der Waals surface area contributed by atoms with Gasteiger partial charge in [-0.15, -0.1) is 6.54 Å². The van der Waals surface area contributed by atoms with Crippen LogP contribution in [0, 0.1) is 12.3 Å². The Kier molecular flexibility index (Phi) is 7.30. The minimum atomic E-state index is -0.694. The largest absolute Gasteiger partial charge is 1.00 e. The molecule has 0 aliphatic carbocycles. The summed E-state index contributed by atoms with van der Waals surface area (Å²) in [5.74, 6) is -0.133. The second-order valence-electron chi connectivity index (χ2n) is 3.64. The smallest absolute Gasteiger partial charge is 0.481 e. The van der Waals surface area contributed by atoms with Gasteiger partial charge in [0.15, 0.2) is 0 Å². The SMILES string of the molecule is CC1[CH-]CN(C)C(CC(=O)O)C1.[Rb+]. The molecular formula is C9H16NO2Rb. The molecule has 2 atom stereocenters. The molecule has 1 aliphatic heterocycles. The van der Waals surface area contributed by atoms with Gasteiger partial charge in [0, 0.05) is 6.04 Å². The van der Waals surface area contributed by atoms with Crippen molar-refractivity contribution in [2.45, 2.75) is 25.8 Å². The number of hydrogen-bond donors (Lipinski definition) is 1. The number of carboxylic acid groups (broad SMARTS) is 1. The summed E-state index contributed by atoms with van der Waals surface area (Å²) >= 11 is 0. The van der Waals surface area contributed by atoms with Crippen LogP contribution < -0.4 is 58.2 Å². The summed E-state index contributed by atoms with van der Waals surface area (Å²) in [4.78, 5) is 12.6. The number of aliphatic carboxylic acids is 1. The molecule has 0 saturated carbocycles. The van der Waals surface area contributed by atoms with E-state index in [1.54, 1.807) is 0 Å². The fourth-order valence-corrected chi connectivity index (χ4v) is 1.64. The third kappa shape index (κ3) is 5.02. The molecule has 1 heterocycles. The fraction of sp³-hybridized carbons (Fsp3) is 0.778. The number of hydrogen-bond acceptors (Lipinski definition) is 2. The summed E-state index contributed by atoms with van der Waals surface area (Å²) in [6, 6.07) is 0.225. The third-order valence-electron chi connectivity index (χ3n) is 2.47. The molecule has 1 fully saturated rings. The summed E-state index contributed by atoms with van der Waals surface area (Å²) in [5, 5.41) is 8.63. The van der Waals surface area contributed by atoms with Crippen LogP contribution in [0.1, 0.15) is 19.8 Å². The van der Waals surface area contributed by atoms with E-state index in [0.29, 0.717) is 5.92 Å². The molecule has 3 nitrogen and oxygen atoms in total. The van der Waals surface area contributed by atoms with Gasteiger partial charge in [-0.3, -0.25) is 4.79 Å². The molecule has 4 heteroatoms. The van der Waals surface area contributed by atoms with E-state index in [1.807, 2.05) is 7.05 Å². The molecule has 1 aliphatic rings. The molecule has 0 aromatic carbocycles. The van der Waals surface area contributed by atoms with Gasteiger partial charge in [0.25, 0.3) is 0 Å². The first-order valence-corrected chi connectivity index (χ1v) is 4.35. The molecular weight excluding hydrogens is 240 g/mol. The van der Waals surface area contributed by atoms with Crippen molar-refractivity contribution in [1.29, 1.82) is 0 Å². The first-order chi connectivity index (χ1) is 5.59. The maximum absolute atomic E-state index is 10.5.